The SMILES string of the molecule is O=C(NCCCc1nc(-c2ccncc2)cs1)c1ccc(Cl)cc1N1CCCC1=O. The van der Waals surface area contributed by atoms with Gasteiger partial charge in [0.25, 0.3) is 5.91 Å². The lowest BCUT2D eigenvalue weighted by Crippen LogP contribution is -2.30. The van der Waals surface area contributed by atoms with Crippen LogP contribution in [0.3, 0.4) is 0 Å². The molecule has 3 heterocycles. The minimum Gasteiger partial charge on any atom is -0.352 e. The van der Waals surface area contributed by atoms with E-state index in [0.717, 1.165) is 35.5 Å². The molecule has 6 nitrogen and oxygen atoms in total. The zero-order chi connectivity index (χ0) is 20.9. The zero-order valence-corrected chi connectivity index (χ0v) is 17.9. The first-order valence-electron chi connectivity index (χ1n) is 9.85. The highest BCUT2D eigenvalue weighted by atomic mass is 35.5. The number of anilines is 1. The van der Waals surface area contributed by atoms with Crippen molar-refractivity contribution in [2.24, 2.45) is 0 Å². The van der Waals surface area contributed by atoms with Gasteiger partial charge in [-0.25, -0.2) is 4.98 Å². The molecule has 0 saturated carbocycles. The first kappa shape index (κ1) is 20.5. The van der Waals surface area contributed by atoms with Crippen LogP contribution >= 0.6 is 22.9 Å². The van der Waals surface area contributed by atoms with E-state index in [2.05, 4.69) is 15.3 Å². The van der Waals surface area contributed by atoms with Crippen molar-refractivity contribution in [3.05, 3.63) is 63.7 Å². The largest absolute Gasteiger partial charge is 0.352 e. The highest BCUT2D eigenvalue weighted by Gasteiger charge is 2.26. The maximum atomic E-state index is 12.7. The molecule has 1 aromatic carbocycles. The molecular weight excluding hydrogens is 420 g/mol. The molecule has 1 saturated heterocycles. The van der Waals surface area contributed by atoms with E-state index in [-0.39, 0.29) is 11.8 Å². The van der Waals surface area contributed by atoms with Gasteiger partial charge in [-0.2, -0.15) is 0 Å². The molecule has 2 amide bonds. The Labute approximate surface area is 183 Å². The third kappa shape index (κ3) is 4.68. The average Bonchev–Trinajstić information content (AvgIpc) is 3.40. The standard InChI is InChI=1S/C22H21ClN4O2S/c23-16-5-6-17(19(13-16)27-12-2-4-21(27)28)22(29)25-9-1-3-20-26-18(14-30-20)15-7-10-24-11-8-15/h5-8,10-11,13-14H,1-4,9,12H2,(H,25,29). The molecule has 0 unspecified atom stereocenters. The van der Waals surface area contributed by atoms with Crippen LogP contribution in [-0.4, -0.2) is 34.9 Å². The van der Waals surface area contributed by atoms with Crippen LogP contribution in [0.1, 0.15) is 34.6 Å². The molecule has 1 aliphatic heterocycles. The Bertz CT molecular complexity index is 1050. The lowest BCUT2D eigenvalue weighted by Gasteiger charge is -2.19. The first-order chi connectivity index (χ1) is 14.6. The van der Waals surface area contributed by atoms with Gasteiger partial charge < -0.3 is 10.2 Å². The molecule has 0 aliphatic carbocycles. The van der Waals surface area contributed by atoms with E-state index in [1.165, 1.54) is 0 Å². The summed E-state index contributed by atoms with van der Waals surface area (Å²) in [6, 6.07) is 8.93. The monoisotopic (exact) mass is 440 g/mol. The van der Waals surface area contributed by atoms with Crippen molar-refractivity contribution in [1.29, 1.82) is 0 Å². The molecule has 0 atom stereocenters. The normalized spacial score (nSPS) is 13.6. The highest BCUT2D eigenvalue weighted by Crippen LogP contribution is 2.28. The van der Waals surface area contributed by atoms with Gasteiger partial charge in [-0.05, 0) is 43.2 Å². The third-order valence-corrected chi connectivity index (χ3v) is 6.09. The van der Waals surface area contributed by atoms with Crippen LogP contribution in [0.4, 0.5) is 5.69 Å². The Hall–Kier alpha value is -2.77. The van der Waals surface area contributed by atoms with Gasteiger partial charge in [0.2, 0.25) is 5.91 Å². The molecule has 30 heavy (non-hydrogen) atoms. The second-order valence-electron chi connectivity index (χ2n) is 7.03. The average molecular weight is 441 g/mol. The second-order valence-corrected chi connectivity index (χ2v) is 8.41. The van der Waals surface area contributed by atoms with Gasteiger partial charge in [0.1, 0.15) is 0 Å². The number of benzene rings is 1. The Kier molecular flexibility index (Phi) is 6.40. The Morgan fingerprint density at radius 3 is 2.83 bits per heavy atom. The molecule has 0 spiro atoms. The fourth-order valence-corrected chi connectivity index (χ4v) is 4.46. The fraction of sp³-hybridized carbons (Fsp3) is 0.273. The van der Waals surface area contributed by atoms with Crippen LogP contribution in [0.15, 0.2) is 48.1 Å². The summed E-state index contributed by atoms with van der Waals surface area (Å²) in [5.74, 6) is -0.168. The van der Waals surface area contributed by atoms with E-state index >= 15 is 0 Å². The predicted molar refractivity (Wildman–Crippen MR) is 119 cm³/mol. The van der Waals surface area contributed by atoms with Crippen molar-refractivity contribution in [2.45, 2.75) is 25.7 Å². The number of hydrogen-bond acceptors (Lipinski definition) is 5. The summed E-state index contributed by atoms with van der Waals surface area (Å²) in [7, 11) is 0. The fourth-order valence-electron chi connectivity index (χ4n) is 3.44. The third-order valence-electron chi connectivity index (χ3n) is 4.95. The van der Waals surface area contributed by atoms with Crippen LogP contribution in [0.25, 0.3) is 11.3 Å². The first-order valence-corrected chi connectivity index (χ1v) is 11.1. The number of carbonyl (C=O) groups excluding carboxylic acids is 2. The number of pyridine rings is 1. The maximum Gasteiger partial charge on any atom is 0.253 e. The topological polar surface area (TPSA) is 75.2 Å². The molecule has 1 aliphatic rings. The van der Waals surface area contributed by atoms with Crippen molar-refractivity contribution >= 4 is 40.4 Å². The number of nitrogens with zero attached hydrogens (tertiary/aromatic N) is 3. The van der Waals surface area contributed by atoms with Crippen LogP contribution in [0, 0.1) is 0 Å². The predicted octanol–water partition coefficient (Wildman–Crippen LogP) is 4.35. The number of halogens is 1. The molecule has 8 heteroatoms. The number of amides is 2. The van der Waals surface area contributed by atoms with Crippen molar-refractivity contribution in [3.8, 4) is 11.3 Å². The summed E-state index contributed by atoms with van der Waals surface area (Å²) in [6.07, 6.45) is 6.37. The highest BCUT2D eigenvalue weighted by molar-refractivity contribution is 7.09. The number of aryl methyl sites for hydroxylation is 1. The smallest absolute Gasteiger partial charge is 0.253 e. The summed E-state index contributed by atoms with van der Waals surface area (Å²) in [4.78, 5) is 35.2. The Morgan fingerprint density at radius 1 is 1.23 bits per heavy atom. The van der Waals surface area contributed by atoms with E-state index < -0.39 is 0 Å². The lowest BCUT2D eigenvalue weighted by atomic mass is 10.1. The number of hydrogen-bond donors (Lipinski definition) is 1. The van der Waals surface area contributed by atoms with Gasteiger partial charge in [-0.3, -0.25) is 14.6 Å². The van der Waals surface area contributed by atoms with Crippen molar-refractivity contribution in [1.82, 2.24) is 15.3 Å². The van der Waals surface area contributed by atoms with Gasteiger partial charge in [-0.1, -0.05) is 11.6 Å². The molecule has 4 rings (SSSR count). The number of thiazole rings is 1. The molecule has 0 bridgehead atoms. The van der Waals surface area contributed by atoms with Gasteiger partial charge in [-0.15, -0.1) is 11.3 Å². The summed E-state index contributed by atoms with van der Waals surface area (Å²) in [6.45, 7) is 1.14. The lowest BCUT2D eigenvalue weighted by molar-refractivity contribution is -0.117. The van der Waals surface area contributed by atoms with Crippen molar-refractivity contribution in [2.75, 3.05) is 18.0 Å². The zero-order valence-electron chi connectivity index (χ0n) is 16.3. The number of aromatic nitrogens is 2. The Morgan fingerprint density at radius 2 is 2.07 bits per heavy atom. The summed E-state index contributed by atoms with van der Waals surface area (Å²) in [5, 5.41) is 6.53. The van der Waals surface area contributed by atoms with E-state index in [9.17, 15) is 9.59 Å². The van der Waals surface area contributed by atoms with E-state index in [1.54, 1.807) is 46.8 Å². The Balaban J connectivity index is 1.34. The summed E-state index contributed by atoms with van der Waals surface area (Å²) in [5.41, 5.74) is 3.06. The summed E-state index contributed by atoms with van der Waals surface area (Å²) < 4.78 is 0. The molecule has 154 valence electrons. The number of rotatable bonds is 7. The van der Waals surface area contributed by atoms with E-state index in [0.29, 0.717) is 35.8 Å². The molecule has 2 aromatic heterocycles. The van der Waals surface area contributed by atoms with Gasteiger partial charge in [0, 0.05) is 54.3 Å². The van der Waals surface area contributed by atoms with Gasteiger partial charge in [0.05, 0.1) is 22.0 Å². The second kappa shape index (κ2) is 9.36. The number of nitrogens with one attached hydrogen (secondary N) is 1. The molecular formula is C22H21ClN4O2S. The van der Waals surface area contributed by atoms with Crippen molar-refractivity contribution in [3.63, 3.8) is 0 Å². The van der Waals surface area contributed by atoms with Gasteiger partial charge in [0.15, 0.2) is 0 Å². The minimum absolute atomic E-state index is 0.0279. The van der Waals surface area contributed by atoms with Crippen LogP contribution in [-0.2, 0) is 11.2 Å². The number of carbonyl (C=O) groups is 2. The van der Waals surface area contributed by atoms with Crippen LogP contribution in [0.2, 0.25) is 5.02 Å². The quantitative estimate of drug-likeness (QED) is 0.554. The molecule has 1 fully saturated rings. The van der Waals surface area contributed by atoms with E-state index in [4.69, 9.17) is 11.6 Å². The van der Waals surface area contributed by atoms with Crippen LogP contribution < -0.4 is 10.2 Å². The molecule has 3 aromatic rings. The van der Waals surface area contributed by atoms with Crippen LogP contribution in [0.5, 0.6) is 0 Å². The molecule has 0 radical (unpaired) electrons. The molecule has 1 N–H and O–H groups in total. The van der Waals surface area contributed by atoms with Gasteiger partial charge >= 0.3 is 0 Å². The van der Waals surface area contributed by atoms with Crippen molar-refractivity contribution < 1.29 is 9.59 Å². The van der Waals surface area contributed by atoms with E-state index in [1.807, 2.05) is 17.5 Å². The maximum absolute atomic E-state index is 12.7. The summed E-state index contributed by atoms with van der Waals surface area (Å²) >= 11 is 7.73. The minimum atomic E-state index is -0.196.